The largest absolute Gasteiger partial charge is 0.455 e. The van der Waals surface area contributed by atoms with E-state index in [1.54, 1.807) is 18.5 Å². The molecular formula is C13H13ClN2O. The zero-order valence-electron chi connectivity index (χ0n) is 9.48. The minimum atomic E-state index is 0.528. The first-order valence-corrected chi connectivity index (χ1v) is 5.65. The molecular weight excluding hydrogens is 236 g/mol. The van der Waals surface area contributed by atoms with Crippen molar-refractivity contribution in [3.8, 4) is 11.5 Å². The second-order valence-corrected chi connectivity index (χ2v) is 4.18. The number of nitrogens with zero attached hydrogens (tertiary/aromatic N) is 1. The zero-order valence-corrected chi connectivity index (χ0v) is 10.2. The van der Waals surface area contributed by atoms with Gasteiger partial charge in [-0.05, 0) is 24.1 Å². The van der Waals surface area contributed by atoms with Crippen molar-refractivity contribution in [2.75, 3.05) is 0 Å². The van der Waals surface area contributed by atoms with Gasteiger partial charge in [-0.15, -0.1) is 0 Å². The van der Waals surface area contributed by atoms with Gasteiger partial charge in [0.25, 0.3) is 0 Å². The van der Waals surface area contributed by atoms with E-state index in [1.807, 2.05) is 25.1 Å². The molecule has 1 aromatic carbocycles. The average Bonchev–Trinajstić information content (AvgIpc) is 2.32. The van der Waals surface area contributed by atoms with Crippen LogP contribution in [0.4, 0.5) is 0 Å². The van der Waals surface area contributed by atoms with Crippen LogP contribution in [0.2, 0.25) is 5.02 Å². The van der Waals surface area contributed by atoms with Crippen LogP contribution < -0.4 is 10.5 Å². The number of hydrogen-bond acceptors (Lipinski definition) is 3. The minimum Gasteiger partial charge on any atom is -0.455 e. The molecule has 2 rings (SSSR count). The molecule has 0 unspecified atom stereocenters. The van der Waals surface area contributed by atoms with Crippen LogP contribution in [0.25, 0.3) is 0 Å². The SMILES string of the molecule is Cc1cc(CN)ccc1Oc1cncc(Cl)c1. The van der Waals surface area contributed by atoms with Gasteiger partial charge in [-0.1, -0.05) is 23.7 Å². The molecule has 17 heavy (non-hydrogen) atoms. The van der Waals surface area contributed by atoms with E-state index in [4.69, 9.17) is 22.1 Å². The molecule has 2 N–H and O–H groups in total. The Labute approximate surface area is 105 Å². The summed E-state index contributed by atoms with van der Waals surface area (Å²) in [6.45, 7) is 2.51. The summed E-state index contributed by atoms with van der Waals surface area (Å²) in [5.74, 6) is 1.41. The van der Waals surface area contributed by atoms with Crippen LogP contribution in [0.1, 0.15) is 11.1 Å². The van der Waals surface area contributed by atoms with Crippen LogP contribution in [0, 0.1) is 6.92 Å². The van der Waals surface area contributed by atoms with Crippen LogP contribution in [0.3, 0.4) is 0 Å². The van der Waals surface area contributed by atoms with Crippen molar-refractivity contribution in [2.24, 2.45) is 5.73 Å². The Kier molecular flexibility index (Phi) is 3.61. The van der Waals surface area contributed by atoms with Crippen molar-refractivity contribution in [3.63, 3.8) is 0 Å². The van der Waals surface area contributed by atoms with Crippen LogP contribution in [-0.2, 0) is 6.54 Å². The molecule has 0 aliphatic rings. The minimum absolute atomic E-state index is 0.528. The molecule has 1 heterocycles. The van der Waals surface area contributed by atoms with E-state index >= 15 is 0 Å². The molecule has 0 fully saturated rings. The van der Waals surface area contributed by atoms with Crippen molar-refractivity contribution in [1.82, 2.24) is 4.98 Å². The lowest BCUT2D eigenvalue weighted by Gasteiger charge is -2.09. The lowest BCUT2D eigenvalue weighted by Crippen LogP contribution is -1.97. The normalized spacial score (nSPS) is 10.3. The Morgan fingerprint density at radius 2 is 2.12 bits per heavy atom. The van der Waals surface area contributed by atoms with Crippen LogP contribution in [-0.4, -0.2) is 4.98 Å². The molecule has 0 amide bonds. The van der Waals surface area contributed by atoms with Gasteiger partial charge >= 0.3 is 0 Å². The van der Waals surface area contributed by atoms with E-state index in [0.717, 1.165) is 16.9 Å². The van der Waals surface area contributed by atoms with Crippen molar-refractivity contribution in [2.45, 2.75) is 13.5 Å². The number of pyridine rings is 1. The Morgan fingerprint density at radius 1 is 1.29 bits per heavy atom. The van der Waals surface area contributed by atoms with Crippen molar-refractivity contribution < 1.29 is 4.74 Å². The summed E-state index contributed by atoms with van der Waals surface area (Å²) >= 11 is 5.84. The number of hydrogen-bond donors (Lipinski definition) is 1. The lowest BCUT2D eigenvalue weighted by molar-refractivity contribution is 0.476. The molecule has 0 aliphatic heterocycles. The summed E-state index contributed by atoms with van der Waals surface area (Å²) in [6, 6.07) is 7.58. The Bertz CT molecular complexity index is 529. The smallest absolute Gasteiger partial charge is 0.147 e. The standard InChI is InChI=1S/C13H13ClN2O/c1-9-4-10(6-15)2-3-13(9)17-12-5-11(14)7-16-8-12/h2-5,7-8H,6,15H2,1H3. The summed E-state index contributed by atoms with van der Waals surface area (Å²) in [5, 5.41) is 0.554. The van der Waals surface area contributed by atoms with Gasteiger partial charge in [-0.2, -0.15) is 0 Å². The van der Waals surface area contributed by atoms with E-state index < -0.39 is 0 Å². The number of halogens is 1. The van der Waals surface area contributed by atoms with Gasteiger partial charge in [0, 0.05) is 18.8 Å². The van der Waals surface area contributed by atoms with Gasteiger partial charge in [0.05, 0.1) is 11.2 Å². The van der Waals surface area contributed by atoms with E-state index in [2.05, 4.69) is 4.98 Å². The lowest BCUT2D eigenvalue weighted by atomic mass is 10.1. The summed E-state index contributed by atoms with van der Waals surface area (Å²) in [4.78, 5) is 3.97. The first-order chi connectivity index (χ1) is 8.19. The molecule has 88 valence electrons. The highest BCUT2D eigenvalue weighted by Crippen LogP contribution is 2.26. The number of nitrogens with two attached hydrogens (primary N) is 1. The highest BCUT2D eigenvalue weighted by Gasteiger charge is 2.03. The van der Waals surface area contributed by atoms with Gasteiger partial charge < -0.3 is 10.5 Å². The third kappa shape index (κ3) is 2.96. The molecule has 1 aromatic heterocycles. The fourth-order valence-electron chi connectivity index (χ4n) is 1.53. The predicted molar refractivity (Wildman–Crippen MR) is 68.4 cm³/mol. The van der Waals surface area contributed by atoms with Crippen LogP contribution in [0.5, 0.6) is 11.5 Å². The van der Waals surface area contributed by atoms with Crippen LogP contribution >= 0.6 is 11.6 Å². The molecule has 2 aromatic rings. The van der Waals surface area contributed by atoms with Gasteiger partial charge in [0.15, 0.2) is 0 Å². The zero-order chi connectivity index (χ0) is 12.3. The molecule has 0 saturated carbocycles. The Morgan fingerprint density at radius 3 is 2.76 bits per heavy atom. The van der Waals surface area contributed by atoms with Gasteiger partial charge in [0.2, 0.25) is 0 Å². The van der Waals surface area contributed by atoms with Crippen LogP contribution in [0.15, 0.2) is 36.7 Å². The van der Waals surface area contributed by atoms with Gasteiger partial charge in [0.1, 0.15) is 11.5 Å². The van der Waals surface area contributed by atoms with Gasteiger partial charge in [-0.3, -0.25) is 4.98 Å². The highest BCUT2D eigenvalue weighted by molar-refractivity contribution is 6.30. The third-order valence-electron chi connectivity index (χ3n) is 2.38. The first kappa shape index (κ1) is 11.9. The molecule has 0 saturated heterocycles. The molecule has 0 radical (unpaired) electrons. The Hall–Kier alpha value is -1.58. The fraction of sp³-hybridized carbons (Fsp3) is 0.154. The number of ether oxygens (including phenoxy) is 1. The second-order valence-electron chi connectivity index (χ2n) is 3.74. The van der Waals surface area contributed by atoms with E-state index in [9.17, 15) is 0 Å². The van der Waals surface area contributed by atoms with E-state index in [1.165, 1.54) is 0 Å². The fourth-order valence-corrected chi connectivity index (χ4v) is 1.69. The summed E-state index contributed by atoms with van der Waals surface area (Å²) in [7, 11) is 0. The maximum atomic E-state index is 5.84. The number of aromatic nitrogens is 1. The molecule has 0 atom stereocenters. The van der Waals surface area contributed by atoms with Crippen molar-refractivity contribution >= 4 is 11.6 Å². The predicted octanol–water partition coefficient (Wildman–Crippen LogP) is 3.29. The molecule has 0 aliphatic carbocycles. The monoisotopic (exact) mass is 248 g/mol. The maximum absolute atomic E-state index is 5.84. The average molecular weight is 249 g/mol. The van der Waals surface area contributed by atoms with Crippen molar-refractivity contribution in [3.05, 3.63) is 52.8 Å². The molecule has 4 heteroatoms. The maximum Gasteiger partial charge on any atom is 0.147 e. The molecule has 3 nitrogen and oxygen atoms in total. The number of benzene rings is 1. The quantitative estimate of drug-likeness (QED) is 0.907. The summed E-state index contributed by atoms with van der Waals surface area (Å²) in [5.41, 5.74) is 7.69. The topological polar surface area (TPSA) is 48.1 Å². The Balaban J connectivity index is 2.24. The number of rotatable bonds is 3. The summed E-state index contributed by atoms with van der Waals surface area (Å²) < 4.78 is 5.70. The molecule has 0 spiro atoms. The highest BCUT2D eigenvalue weighted by atomic mass is 35.5. The number of aryl methyl sites for hydroxylation is 1. The van der Waals surface area contributed by atoms with E-state index in [-0.39, 0.29) is 0 Å². The summed E-state index contributed by atoms with van der Waals surface area (Å²) in [6.07, 6.45) is 3.20. The third-order valence-corrected chi connectivity index (χ3v) is 2.59. The van der Waals surface area contributed by atoms with E-state index in [0.29, 0.717) is 17.3 Å². The molecule has 0 bridgehead atoms. The van der Waals surface area contributed by atoms with Gasteiger partial charge in [-0.25, -0.2) is 0 Å². The van der Waals surface area contributed by atoms with Crippen molar-refractivity contribution in [1.29, 1.82) is 0 Å². The second kappa shape index (κ2) is 5.17. The first-order valence-electron chi connectivity index (χ1n) is 5.27.